The van der Waals surface area contributed by atoms with Gasteiger partial charge in [-0.1, -0.05) is 19.4 Å². The number of halogens is 1. The van der Waals surface area contributed by atoms with Crippen LogP contribution < -0.4 is 10.6 Å². The Morgan fingerprint density at radius 1 is 1.26 bits per heavy atom. The molecule has 0 fully saturated rings. The highest BCUT2D eigenvalue weighted by atomic mass is 19.1. The van der Waals surface area contributed by atoms with E-state index < -0.39 is 0 Å². The van der Waals surface area contributed by atoms with E-state index in [1.165, 1.54) is 18.9 Å². The number of hydrogen-bond acceptors (Lipinski definition) is 2. The van der Waals surface area contributed by atoms with Crippen molar-refractivity contribution in [3.8, 4) is 0 Å². The fraction of sp³-hybridized carbons (Fsp3) is 0.625. The van der Waals surface area contributed by atoms with E-state index in [4.69, 9.17) is 5.73 Å². The third kappa shape index (κ3) is 5.60. The predicted octanol–water partition coefficient (Wildman–Crippen LogP) is 3.81. The van der Waals surface area contributed by atoms with Crippen molar-refractivity contribution in [3.05, 3.63) is 30.1 Å². The molecule has 0 radical (unpaired) electrons. The topological polar surface area (TPSA) is 29.3 Å². The van der Waals surface area contributed by atoms with E-state index in [2.05, 4.69) is 18.7 Å². The van der Waals surface area contributed by atoms with Crippen molar-refractivity contribution in [3.63, 3.8) is 0 Å². The lowest BCUT2D eigenvalue weighted by atomic mass is 9.96. The van der Waals surface area contributed by atoms with Gasteiger partial charge < -0.3 is 10.6 Å². The lowest BCUT2D eigenvalue weighted by molar-refractivity contribution is 0.429. The molecule has 2 nitrogen and oxygen atoms in total. The molecule has 0 amide bonds. The van der Waals surface area contributed by atoms with Crippen LogP contribution in [0, 0.1) is 11.7 Å². The zero-order valence-electron chi connectivity index (χ0n) is 12.2. The third-order valence-corrected chi connectivity index (χ3v) is 3.75. The van der Waals surface area contributed by atoms with Gasteiger partial charge in [-0.3, -0.25) is 0 Å². The van der Waals surface area contributed by atoms with Crippen LogP contribution in [0.1, 0.15) is 39.5 Å². The van der Waals surface area contributed by atoms with Gasteiger partial charge >= 0.3 is 0 Å². The molecule has 108 valence electrons. The van der Waals surface area contributed by atoms with E-state index in [-0.39, 0.29) is 5.82 Å². The van der Waals surface area contributed by atoms with E-state index in [0.717, 1.165) is 44.1 Å². The maximum atomic E-state index is 13.2. The third-order valence-electron chi connectivity index (χ3n) is 3.75. The van der Waals surface area contributed by atoms with E-state index >= 15 is 0 Å². The number of nitrogens with zero attached hydrogens (tertiary/aromatic N) is 1. The number of hydrogen-bond donors (Lipinski definition) is 1. The molecule has 0 aliphatic rings. The summed E-state index contributed by atoms with van der Waals surface area (Å²) in [6.45, 7) is 7.02. The summed E-state index contributed by atoms with van der Waals surface area (Å²) in [5.41, 5.74) is 6.60. The highest BCUT2D eigenvalue weighted by molar-refractivity contribution is 5.46. The van der Waals surface area contributed by atoms with Crippen molar-refractivity contribution in [2.24, 2.45) is 11.7 Å². The van der Waals surface area contributed by atoms with Gasteiger partial charge in [0.2, 0.25) is 0 Å². The van der Waals surface area contributed by atoms with Crippen molar-refractivity contribution in [1.29, 1.82) is 0 Å². The molecule has 0 heterocycles. The van der Waals surface area contributed by atoms with Gasteiger partial charge in [0.15, 0.2) is 0 Å². The largest absolute Gasteiger partial charge is 0.372 e. The van der Waals surface area contributed by atoms with Crippen molar-refractivity contribution in [2.45, 2.75) is 39.5 Å². The Kier molecular flexibility index (Phi) is 7.49. The highest BCUT2D eigenvalue weighted by Gasteiger charge is 2.08. The first-order valence-electron chi connectivity index (χ1n) is 7.41. The summed E-state index contributed by atoms with van der Waals surface area (Å²) in [5.74, 6) is 0.571. The summed E-state index contributed by atoms with van der Waals surface area (Å²) < 4.78 is 13.2. The molecule has 0 saturated heterocycles. The Hall–Kier alpha value is -1.09. The summed E-state index contributed by atoms with van der Waals surface area (Å²) in [4.78, 5) is 2.23. The highest BCUT2D eigenvalue weighted by Crippen LogP contribution is 2.19. The van der Waals surface area contributed by atoms with Gasteiger partial charge in [-0.25, -0.2) is 4.39 Å². The lowest BCUT2D eigenvalue weighted by Crippen LogP contribution is -2.24. The number of anilines is 1. The molecule has 1 aromatic carbocycles. The smallest absolute Gasteiger partial charge is 0.125 e. The monoisotopic (exact) mass is 266 g/mol. The van der Waals surface area contributed by atoms with Crippen LogP contribution in [0.5, 0.6) is 0 Å². The molecule has 0 bridgehead atoms. The first-order valence-corrected chi connectivity index (χ1v) is 7.41. The molecule has 19 heavy (non-hydrogen) atoms. The Morgan fingerprint density at radius 2 is 2.05 bits per heavy atom. The zero-order chi connectivity index (χ0) is 14.1. The Morgan fingerprint density at radius 3 is 2.63 bits per heavy atom. The number of nitrogens with two attached hydrogens (primary N) is 1. The maximum absolute atomic E-state index is 13.2. The van der Waals surface area contributed by atoms with Crippen molar-refractivity contribution >= 4 is 5.69 Å². The molecule has 1 aromatic rings. The van der Waals surface area contributed by atoms with Gasteiger partial charge in [0, 0.05) is 18.8 Å². The molecule has 1 atom stereocenters. The molecule has 3 heteroatoms. The quantitative estimate of drug-likeness (QED) is 0.736. The molecular formula is C16H27FN2. The second-order valence-corrected chi connectivity index (χ2v) is 5.05. The minimum Gasteiger partial charge on any atom is -0.372 e. The lowest BCUT2D eigenvalue weighted by Gasteiger charge is -2.24. The standard InChI is InChI=1S/C16H27FN2/c1-3-14(10-11-18)7-6-12-19(4-2)16-9-5-8-15(17)13-16/h5,8-9,13-14H,3-4,6-7,10-12,18H2,1-2H3. The Bertz CT molecular complexity index is 354. The fourth-order valence-electron chi connectivity index (χ4n) is 2.50. The average molecular weight is 266 g/mol. The summed E-state index contributed by atoms with van der Waals surface area (Å²) in [6, 6.07) is 6.85. The minimum atomic E-state index is -0.162. The summed E-state index contributed by atoms with van der Waals surface area (Å²) in [7, 11) is 0. The summed E-state index contributed by atoms with van der Waals surface area (Å²) in [5, 5.41) is 0. The van der Waals surface area contributed by atoms with Crippen LogP contribution in [0.25, 0.3) is 0 Å². The molecule has 2 N–H and O–H groups in total. The Balaban J connectivity index is 2.45. The van der Waals surface area contributed by atoms with Crippen LogP contribution in [0.15, 0.2) is 24.3 Å². The molecule has 0 aromatic heterocycles. The van der Waals surface area contributed by atoms with Crippen LogP contribution in [0.3, 0.4) is 0 Å². The van der Waals surface area contributed by atoms with Crippen molar-refractivity contribution in [1.82, 2.24) is 0 Å². The van der Waals surface area contributed by atoms with Crippen LogP contribution in [0.4, 0.5) is 10.1 Å². The van der Waals surface area contributed by atoms with Gasteiger partial charge in [-0.2, -0.15) is 0 Å². The first kappa shape index (κ1) is 16.0. The fourth-order valence-corrected chi connectivity index (χ4v) is 2.50. The number of rotatable bonds is 9. The van der Waals surface area contributed by atoms with Crippen LogP contribution in [0.2, 0.25) is 0 Å². The molecule has 0 spiro atoms. The second kappa shape index (κ2) is 8.92. The molecule has 0 aliphatic heterocycles. The van der Waals surface area contributed by atoms with E-state index in [1.54, 1.807) is 12.1 Å². The molecule has 1 rings (SSSR count). The molecular weight excluding hydrogens is 239 g/mol. The van der Waals surface area contributed by atoms with Gasteiger partial charge in [0.25, 0.3) is 0 Å². The average Bonchev–Trinajstić information content (AvgIpc) is 2.42. The Labute approximate surface area is 116 Å². The van der Waals surface area contributed by atoms with E-state index in [9.17, 15) is 4.39 Å². The van der Waals surface area contributed by atoms with Crippen molar-refractivity contribution < 1.29 is 4.39 Å². The van der Waals surface area contributed by atoms with Crippen LogP contribution in [-0.2, 0) is 0 Å². The molecule has 0 aliphatic carbocycles. The van der Waals surface area contributed by atoms with Gasteiger partial charge in [0.1, 0.15) is 5.82 Å². The zero-order valence-corrected chi connectivity index (χ0v) is 12.2. The SMILES string of the molecule is CCC(CCN)CCCN(CC)c1cccc(F)c1. The molecule has 0 saturated carbocycles. The number of benzene rings is 1. The van der Waals surface area contributed by atoms with Gasteiger partial charge in [-0.15, -0.1) is 0 Å². The summed E-state index contributed by atoms with van der Waals surface area (Å²) in [6.07, 6.45) is 4.66. The first-order chi connectivity index (χ1) is 9.21. The van der Waals surface area contributed by atoms with Crippen LogP contribution >= 0.6 is 0 Å². The molecule has 1 unspecified atom stereocenters. The van der Waals surface area contributed by atoms with E-state index in [1.807, 2.05) is 6.07 Å². The minimum absolute atomic E-state index is 0.162. The predicted molar refractivity (Wildman–Crippen MR) is 81.0 cm³/mol. The second-order valence-electron chi connectivity index (χ2n) is 5.05. The van der Waals surface area contributed by atoms with Crippen LogP contribution in [-0.4, -0.2) is 19.6 Å². The van der Waals surface area contributed by atoms with Gasteiger partial charge in [-0.05, 0) is 56.8 Å². The maximum Gasteiger partial charge on any atom is 0.125 e. The normalized spacial score (nSPS) is 12.4. The summed E-state index contributed by atoms with van der Waals surface area (Å²) >= 11 is 0. The van der Waals surface area contributed by atoms with Crippen molar-refractivity contribution in [2.75, 3.05) is 24.5 Å². The van der Waals surface area contributed by atoms with E-state index in [0.29, 0.717) is 0 Å². The van der Waals surface area contributed by atoms with Gasteiger partial charge in [0.05, 0.1) is 0 Å².